The summed E-state index contributed by atoms with van der Waals surface area (Å²) in [5, 5.41) is 9.60. The van der Waals surface area contributed by atoms with E-state index in [1.54, 1.807) is 19.2 Å². The zero-order chi connectivity index (χ0) is 14.0. The highest BCUT2D eigenvalue weighted by atomic mass is 16.5. The first-order chi connectivity index (χ1) is 9.06. The second-order valence-electron chi connectivity index (χ2n) is 5.35. The molecule has 3 unspecified atom stereocenters. The van der Waals surface area contributed by atoms with Gasteiger partial charge in [0.15, 0.2) is 0 Å². The number of carbonyl (C=O) groups is 1. The quantitative estimate of drug-likeness (QED) is 0.819. The minimum Gasteiger partial charge on any atom is -0.495 e. The fourth-order valence-corrected chi connectivity index (χ4v) is 3.23. The van der Waals surface area contributed by atoms with Crippen LogP contribution in [0.4, 0.5) is 5.69 Å². The molecule has 1 fully saturated rings. The molecular weight excluding hydrogens is 242 g/mol. The van der Waals surface area contributed by atoms with Gasteiger partial charge in [-0.2, -0.15) is 0 Å². The summed E-state index contributed by atoms with van der Waals surface area (Å²) in [6.45, 7) is 2.13. The minimum atomic E-state index is -0.793. The van der Waals surface area contributed by atoms with Crippen molar-refractivity contribution >= 4 is 11.7 Å². The van der Waals surface area contributed by atoms with Crippen LogP contribution >= 0.6 is 0 Å². The lowest BCUT2D eigenvalue weighted by molar-refractivity contribution is -0.140. The maximum Gasteiger partial charge on any atom is 0.311 e. The van der Waals surface area contributed by atoms with Crippen molar-refractivity contribution in [1.82, 2.24) is 0 Å². The van der Waals surface area contributed by atoms with Gasteiger partial charge >= 0.3 is 5.97 Å². The van der Waals surface area contributed by atoms with Gasteiger partial charge in [0, 0.05) is 0 Å². The van der Waals surface area contributed by atoms with E-state index < -0.39 is 11.9 Å². The Morgan fingerprint density at radius 2 is 2.21 bits per heavy atom. The van der Waals surface area contributed by atoms with E-state index >= 15 is 0 Å². The average molecular weight is 263 g/mol. The summed E-state index contributed by atoms with van der Waals surface area (Å²) in [5.41, 5.74) is 7.20. The molecule has 104 valence electrons. The van der Waals surface area contributed by atoms with Crippen LogP contribution in [0.15, 0.2) is 18.2 Å². The van der Waals surface area contributed by atoms with E-state index in [0.29, 0.717) is 22.9 Å². The number of aliphatic carboxylic acids is 1. The molecule has 1 aromatic rings. The maximum atomic E-state index is 11.7. The fourth-order valence-electron chi connectivity index (χ4n) is 3.23. The van der Waals surface area contributed by atoms with E-state index in [1.165, 1.54) is 0 Å². The molecule has 4 heteroatoms. The van der Waals surface area contributed by atoms with Crippen LogP contribution in [0.1, 0.15) is 37.7 Å². The Bertz CT molecular complexity index is 472. The van der Waals surface area contributed by atoms with Gasteiger partial charge in [-0.15, -0.1) is 0 Å². The Hall–Kier alpha value is -1.71. The van der Waals surface area contributed by atoms with Crippen LogP contribution in [-0.2, 0) is 4.79 Å². The largest absolute Gasteiger partial charge is 0.495 e. The zero-order valence-electron chi connectivity index (χ0n) is 11.4. The van der Waals surface area contributed by atoms with Crippen LogP contribution in [0.5, 0.6) is 5.75 Å². The number of benzene rings is 1. The molecular formula is C15H21NO3. The lowest BCUT2D eigenvalue weighted by Crippen LogP contribution is -2.24. The third kappa shape index (κ3) is 2.53. The summed E-state index contributed by atoms with van der Waals surface area (Å²) in [7, 11) is 1.55. The van der Waals surface area contributed by atoms with Crippen LogP contribution in [-0.4, -0.2) is 18.2 Å². The summed E-state index contributed by atoms with van der Waals surface area (Å²) in [4.78, 5) is 11.7. The van der Waals surface area contributed by atoms with Gasteiger partial charge in [-0.1, -0.05) is 31.9 Å². The van der Waals surface area contributed by atoms with Crippen molar-refractivity contribution in [3.05, 3.63) is 23.8 Å². The molecule has 3 atom stereocenters. The van der Waals surface area contributed by atoms with E-state index in [4.69, 9.17) is 10.5 Å². The summed E-state index contributed by atoms with van der Waals surface area (Å²) in [6.07, 6.45) is 3.15. The average Bonchev–Trinajstić information content (AvgIpc) is 2.78. The third-order valence-electron chi connectivity index (χ3n) is 4.28. The molecule has 1 aliphatic rings. The van der Waals surface area contributed by atoms with Crippen molar-refractivity contribution in [3.8, 4) is 5.75 Å². The molecule has 1 saturated carbocycles. The number of anilines is 1. The standard InChI is InChI=1S/C15H21NO3/c1-9-5-3-6-10(9)13(15(17)18)11-7-4-8-12(19-2)14(11)16/h4,7-10,13H,3,5-6,16H2,1-2H3,(H,17,18). The number of nitrogen functional groups attached to an aromatic ring is 1. The van der Waals surface area contributed by atoms with Gasteiger partial charge in [-0.05, 0) is 29.9 Å². The van der Waals surface area contributed by atoms with Gasteiger partial charge in [-0.3, -0.25) is 4.79 Å². The van der Waals surface area contributed by atoms with E-state index in [-0.39, 0.29) is 5.92 Å². The Kier molecular flexibility index (Phi) is 3.98. The number of ether oxygens (including phenoxy) is 1. The molecule has 2 rings (SSSR count). The molecule has 0 aliphatic heterocycles. The molecule has 1 aliphatic carbocycles. The highest BCUT2D eigenvalue weighted by Crippen LogP contribution is 2.44. The highest BCUT2D eigenvalue weighted by molar-refractivity contribution is 5.80. The van der Waals surface area contributed by atoms with Gasteiger partial charge < -0.3 is 15.6 Å². The Morgan fingerprint density at radius 1 is 1.47 bits per heavy atom. The lowest BCUT2D eigenvalue weighted by atomic mass is 9.79. The third-order valence-corrected chi connectivity index (χ3v) is 4.28. The van der Waals surface area contributed by atoms with Gasteiger partial charge in [-0.25, -0.2) is 0 Å². The maximum absolute atomic E-state index is 11.7. The Balaban J connectivity index is 2.42. The van der Waals surface area contributed by atoms with Crippen LogP contribution in [0.25, 0.3) is 0 Å². The van der Waals surface area contributed by atoms with Gasteiger partial charge in [0.05, 0.1) is 18.7 Å². The minimum absolute atomic E-state index is 0.159. The number of carboxylic acids is 1. The summed E-state index contributed by atoms with van der Waals surface area (Å²) in [5.74, 6) is -0.195. The first kappa shape index (κ1) is 13.7. The molecule has 0 saturated heterocycles. The number of para-hydroxylation sites is 1. The van der Waals surface area contributed by atoms with Crippen molar-refractivity contribution in [2.24, 2.45) is 11.8 Å². The monoisotopic (exact) mass is 263 g/mol. The van der Waals surface area contributed by atoms with E-state index in [1.807, 2.05) is 6.07 Å². The summed E-state index contributed by atoms with van der Waals surface area (Å²) < 4.78 is 5.19. The predicted molar refractivity (Wildman–Crippen MR) is 74.3 cm³/mol. The number of hydrogen-bond acceptors (Lipinski definition) is 3. The molecule has 19 heavy (non-hydrogen) atoms. The Labute approximate surface area is 113 Å². The predicted octanol–water partition coefficient (Wildman–Crippen LogP) is 2.88. The highest BCUT2D eigenvalue weighted by Gasteiger charge is 2.37. The number of rotatable bonds is 4. The van der Waals surface area contributed by atoms with Crippen molar-refractivity contribution < 1.29 is 14.6 Å². The molecule has 1 aromatic carbocycles. The molecule has 3 N–H and O–H groups in total. The number of methoxy groups -OCH3 is 1. The molecule has 0 spiro atoms. The van der Waals surface area contributed by atoms with Crippen molar-refractivity contribution in [1.29, 1.82) is 0 Å². The smallest absolute Gasteiger partial charge is 0.311 e. The first-order valence-electron chi connectivity index (χ1n) is 6.71. The molecule has 0 aromatic heterocycles. The molecule has 0 bridgehead atoms. The first-order valence-corrected chi connectivity index (χ1v) is 6.71. The van der Waals surface area contributed by atoms with Gasteiger partial charge in [0.1, 0.15) is 5.75 Å². The molecule has 0 radical (unpaired) electrons. The lowest BCUT2D eigenvalue weighted by Gasteiger charge is -2.25. The van der Waals surface area contributed by atoms with Gasteiger partial charge in [0.25, 0.3) is 0 Å². The topological polar surface area (TPSA) is 72.5 Å². The van der Waals surface area contributed by atoms with Crippen molar-refractivity contribution in [2.75, 3.05) is 12.8 Å². The molecule has 0 amide bonds. The van der Waals surface area contributed by atoms with Crippen molar-refractivity contribution in [2.45, 2.75) is 32.1 Å². The van der Waals surface area contributed by atoms with Crippen LogP contribution in [0, 0.1) is 11.8 Å². The summed E-state index contributed by atoms with van der Waals surface area (Å²) in [6, 6.07) is 5.37. The van der Waals surface area contributed by atoms with Crippen LogP contribution in [0.2, 0.25) is 0 Å². The van der Waals surface area contributed by atoms with E-state index in [0.717, 1.165) is 19.3 Å². The SMILES string of the molecule is COc1cccc(C(C(=O)O)C2CCCC2C)c1N. The zero-order valence-corrected chi connectivity index (χ0v) is 11.4. The fraction of sp³-hybridized carbons (Fsp3) is 0.533. The number of nitrogens with two attached hydrogens (primary N) is 1. The second kappa shape index (κ2) is 5.51. The second-order valence-corrected chi connectivity index (χ2v) is 5.35. The normalized spacial score (nSPS) is 24.1. The van der Waals surface area contributed by atoms with E-state index in [9.17, 15) is 9.90 Å². The van der Waals surface area contributed by atoms with Crippen LogP contribution < -0.4 is 10.5 Å². The van der Waals surface area contributed by atoms with Crippen LogP contribution in [0.3, 0.4) is 0 Å². The summed E-state index contributed by atoms with van der Waals surface area (Å²) >= 11 is 0. The molecule has 0 heterocycles. The number of hydrogen-bond donors (Lipinski definition) is 2. The van der Waals surface area contributed by atoms with E-state index in [2.05, 4.69) is 6.92 Å². The van der Waals surface area contributed by atoms with Crippen molar-refractivity contribution in [3.63, 3.8) is 0 Å². The number of carboxylic acid groups (broad SMARTS) is 1. The van der Waals surface area contributed by atoms with Gasteiger partial charge in [0.2, 0.25) is 0 Å². The molecule has 4 nitrogen and oxygen atoms in total. The Morgan fingerprint density at radius 3 is 2.74 bits per heavy atom.